The molecule has 0 spiro atoms. The third kappa shape index (κ3) is 11.1. The second kappa shape index (κ2) is 17.4. The zero-order chi connectivity index (χ0) is 33.0. The van der Waals surface area contributed by atoms with Crippen LogP contribution in [0, 0.1) is 11.7 Å². The third-order valence-corrected chi connectivity index (χ3v) is 9.67. The van der Waals surface area contributed by atoms with Crippen LogP contribution >= 0.6 is 23.4 Å². The van der Waals surface area contributed by atoms with Crippen LogP contribution in [-0.4, -0.2) is 67.3 Å². The number of nitrogens with one attached hydrogen (secondary N) is 2. The monoisotopic (exact) mass is 672 g/mol. The number of rotatable bonds is 18. The smallest absolute Gasteiger partial charge is 0.305 e. The van der Waals surface area contributed by atoms with Gasteiger partial charge >= 0.3 is 5.97 Å². The summed E-state index contributed by atoms with van der Waals surface area (Å²) in [5.74, 6) is -4.19. The van der Waals surface area contributed by atoms with Crippen LogP contribution < -0.4 is 15.4 Å². The van der Waals surface area contributed by atoms with E-state index >= 15 is 0 Å². The molecule has 1 unspecified atom stereocenters. The number of aliphatic carboxylic acids is 1. The Labute approximate surface area is 266 Å². The van der Waals surface area contributed by atoms with Gasteiger partial charge in [0.1, 0.15) is 17.6 Å². The molecule has 10 nitrogen and oxygen atoms in total. The number of thioether (sulfide) groups is 1. The second-order valence-electron chi connectivity index (χ2n) is 10.3. The fourth-order valence-corrected chi connectivity index (χ4v) is 6.89. The summed E-state index contributed by atoms with van der Waals surface area (Å²) in [6.45, 7) is 7.09. The lowest BCUT2D eigenvalue weighted by atomic mass is 10.0. The summed E-state index contributed by atoms with van der Waals surface area (Å²) in [6, 6.07) is 5.95. The first-order chi connectivity index (χ1) is 20.7. The summed E-state index contributed by atoms with van der Waals surface area (Å²) in [4.78, 5) is 50.8. The minimum atomic E-state index is -3.57. The molecule has 0 aliphatic rings. The summed E-state index contributed by atoms with van der Waals surface area (Å²) >= 11 is 7.05. The maximum atomic E-state index is 14.1. The molecule has 0 aliphatic heterocycles. The van der Waals surface area contributed by atoms with Gasteiger partial charge in [-0.15, -0.1) is 11.8 Å². The quantitative estimate of drug-likeness (QED) is 0.211. The number of benzene rings is 2. The molecule has 0 radical (unpaired) electrons. The Kier molecular flexibility index (Phi) is 14.6. The summed E-state index contributed by atoms with van der Waals surface area (Å²) in [5, 5.41) is 14.6. The number of sulfone groups is 1. The van der Waals surface area contributed by atoms with Crippen molar-refractivity contribution in [2.75, 3.05) is 18.1 Å². The number of hydrogen-bond acceptors (Lipinski definition) is 8. The fourth-order valence-electron chi connectivity index (χ4n) is 4.21. The van der Waals surface area contributed by atoms with Crippen molar-refractivity contribution in [3.05, 3.63) is 58.4 Å². The molecule has 2 aromatic rings. The van der Waals surface area contributed by atoms with E-state index in [1.54, 1.807) is 27.7 Å². The Morgan fingerprint density at radius 3 is 2.39 bits per heavy atom. The lowest BCUT2D eigenvalue weighted by Crippen LogP contribution is -2.54. The molecule has 0 fully saturated rings. The highest BCUT2D eigenvalue weighted by Gasteiger charge is 2.30. The molecule has 242 valence electrons. The van der Waals surface area contributed by atoms with Crippen molar-refractivity contribution in [2.24, 2.45) is 5.92 Å². The molecule has 0 bridgehead atoms. The number of ether oxygens (including phenoxy) is 1. The van der Waals surface area contributed by atoms with Gasteiger partial charge in [0.2, 0.25) is 11.8 Å². The minimum absolute atomic E-state index is 0.0499. The largest absolute Gasteiger partial charge is 0.494 e. The van der Waals surface area contributed by atoms with Gasteiger partial charge in [-0.1, -0.05) is 38.4 Å². The molecule has 2 aromatic carbocycles. The summed E-state index contributed by atoms with van der Waals surface area (Å²) < 4.78 is 44.9. The SMILES string of the molecule is CCCS(=O)(=O)c1ccc(OCC)c(CC(=O)N[C@H](C(=O)NC(CC(=O)O)C(=O)CSCc2c(F)cccc2Cl)C(C)C)c1. The summed E-state index contributed by atoms with van der Waals surface area (Å²) in [5.41, 5.74) is 0.518. The molecule has 0 saturated carbocycles. The Bertz CT molecular complexity index is 1430. The molecule has 14 heteroatoms. The van der Waals surface area contributed by atoms with E-state index in [1.165, 1.54) is 36.4 Å². The normalized spacial score (nSPS) is 12.8. The molecule has 0 saturated heterocycles. The Morgan fingerprint density at radius 2 is 1.80 bits per heavy atom. The highest BCUT2D eigenvalue weighted by molar-refractivity contribution is 7.99. The Hall–Kier alpha value is -3.16. The van der Waals surface area contributed by atoms with Crippen molar-refractivity contribution in [3.63, 3.8) is 0 Å². The van der Waals surface area contributed by atoms with Crippen LogP contribution in [0.1, 0.15) is 51.7 Å². The van der Waals surface area contributed by atoms with Gasteiger partial charge in [-0.05, 0) is 49.6 Å². The topological polar surface area (TPSA) is 156 Å². The molecule has 0 aliphatic carbocycles. The van der Waals surface area contributed by atoms with Crippen molar-refractivity contribution in [3.8, 4) is 5.75 Å². The van der Waals surface area contributed by atoms with E-state index in [4.69, 9.17) is 16.3 Å². The average molecular weight is 673 g/mol. The van der Waals surface area contributed by atoms with Crippen LogP contribution in [0.3, 0.4) is 0 Å². The van der Waals surface area contributed by atoms with Crippen LogP contribution in [-0.2, 0) is 41.2 Å². The Morgan fingerprint density at radius 1 is 1.09 bits per heavy atom. The first kappa shape index (κ1) is 37.0. The van der Waals surface area contributed by atoms with E-state index in [0.717, 1.165) is 11.8 Å². The van der Waals surface area contributed by atoms with Crippen molar-refractivity contribution in [1.82, 2.24) is 10.6 Å². The van der Waals surface area contributed by atoms with E-state index in [2.05, 4.69) is 10.6 Å². The molecule has 0 heterocycles. The van der Waals surface area contributed by atoms with Crippen molar-refractivity contribution < 1.29 is 41.8 Å². The van der Waals surface area contributed by atoms with E-state index in [-0.39, 0.29) is 45.8 Å². The number of hydrogen-bond donors (Lipinski definition) is 3. The number of carboxylic acid groups (broad SMARTS) is 1. The predicted molar refractivity (Wildman–Crippen MR) is 167 cm³/mol. The molecule has 2 atom stereocenters. The van der Waals surface area contributed by atoms with Crippen LogP contribution in [0.2, 0.25) is 5.02 Å². The van der Waals surface area contributed by atoms with E-state index < -0.39 is 63.6 Å². The number of carbonyl (C=O) groups is 4. The number of halogens is 2. The van der Waals surface area contributed by atoms with E-state index in [9.17, 15) is 37.1 Å². The number of carboxylic acids is 1. The minimum Gasteiger partial charge on any atom is -0.494 e. The fraction of sp³-hybridized carbons (Fsp3) is 0.467. The number of ketones is 1. The first-order valence-corrected chi connectivity index (χ1v) is 17.2. The van der Waals surface area contributed by atoms with Crippen molar-refractivity contribution in [2.45, 2.75) is 69.7 Å². The van der Waals surface area contributed by atoms with Gasteiger partial charge < -0.3 is 20.5 Å². The van der Waals surface area contributed by atoms with Crippen LogP contribution in [0.25, 0.3) is 0 Å². The molecule has 44 heavy (non-hydrogen) atoms. The lowest BCUT2D eigenvalue weighted by molar-refractivity contribution is -0.140. The first-order valence-electron chi connectivity index (χ1n) is 14.0. The van der Waals surface area contributed by atoms with Crippen LogP contribution in [0.4, 0.5) is 4.39 Å². The van der Waals surface area contributed by atoms with E-state index in [0.29, 0.717) is 17.7 Å². The molecular weight excluding hydrogens is 635 g/mol. The Balaban J connectivity index is 2.16. The van der Waals surface area contributed by atoms with Crippen LogP contribution in [0.15, 0.2) is 41.3 Å². The molecular formula is C30H38ClFN2O8S2. The van der Waals surface area contributed by atoms with Crippen molar-refractivity contribution >= 4 is 56.8 Å². The van der Waals surface area contributed by atoms with Gasteiger partial charge in [-0.3, -0.25) is 19.2 Å². The van der Waals surface area contributed by atoms with Gasteiger partial charge in [-0.25, -0.2) is 12.8 Å². The highest BCUT2D eigenvalue weighted by Crippen LogP contribution is 2.26. The highest BCUT2D eigenvalue weighted by atomic mass is 35.5. The molecule has 3 N–H and O–H groups in total. The van der Waals surface area contributed by atoms with Gasteiger partial charge in [0, 0.05) is 21.9 Å². The van der Waals surface area contributed by atoms with Gasteiger partial charge in [0.25, 0.3) is 0 Å². The number of amides is 2. The standard InChI is InChI=1S/C30H38ClFN2O8S2/c1-5-12-44(40,41)20-10-11-26(42-6-2)19(13-20)14-27(36)34-29(18(3)4)30(39)33-24(15-28(37)38)25(35)17-43-16-21-22(31)8-7-9-23(21)32/h7-11,13,18,24,29H,5-6,12,14-17H2,1-4H3,(H,33,39)(H,34,36)(H,37,38)/t24?,29-/m0/s1. The number of Topliss-reactive ketones (excluding diaryl/α,β-unsaturated/α-hetero) is 1. The summed E-state index contributed by atoms with van der Waals surface area (Å²) in [6.07, 6.45) is -0.574. The molecule has 2 amide bonds. The zero-order valence-corrected chi connectivity index (χ0v) is 27.4. The zero-order valence-electron chi connectivity index (χ0n) is 25.0. The van der Waals surface area contributed by atoms with Crippen molar-refractivity contribution in [1.29, 1.82) is 0 Å². The maximum Gasteiger partial charge on any atom is 0.305 e. The van der Waals surface area contributed by atoms with Crippen LogP contribution in [0.5, 0.6) is 5.75 Å². The maximum absolute atomic E-state index is 14.1. The average Bonchev–Trinajstić information content (AvgIpc) is 2.93. The summed E-state index contributed by atoms with van der Waals surface area (Å²) in [7, 11) is -3.57. The molecule has 2 rings (SSSR count). The van der Waals surface area contributed by atoms with Gasteiger partial charge in [0.05, 0.1) is 41.9 Å². The lowest BCUT2D eigenvalue weighted by Gasteiger charge is -2.25. The molecule has 0 aromatic heterocycles. The van der Waals surface area contributed by atoms with Gasteiger partial charge in [0.15, 0.2) is 15.6 Å². The number of carbonyl (C=O) groups excluding carboxylic acids is 3. The van der Waals surface area contributed by atoms with Gasteiger partial charge in [-0.2, -0.15) is 0 Å². The second-order valence-corrected chi connectivity index (χ2v) is 13.8. The predicted octanol–water partition coefficient (Wildman–Crippen LogP) is 4.21. The van der Waals surface area contributed by atoms with E-state index in [1.807, 2.05) is 0 Å². The third-order valence-electron chi connectivity index (χ3n) is 6.42.